The van der Waals surface area contributed by atoms with Crippen molar-refractivity contribution in [2.45, 2.75) is 11.7 Å². The molecule has 5 nitrogen and oxygen atoms in total. The van der Waals surface area contributed by atoms with Crippen LogP contribution in [-0.2, 0) is 4.79 Å². The van der Waals surface area contributed by atoms with Gasteiger partial charge in [0.05, 0.1) is 5.25 Å². The van der Waals surface area contributed by atoms with Crippen molar-refractivity contribution in [2.24, 2.45) is 0 Å². The molecule has 0 N–H and O–H groups in total. The number of para-hydroxylation sites is 1. The second kappa shape index (κ2) is 8.09. The van der Waals surface area contributed by atoms with Crippen LogP contribution in [0.25, 0.3) is 0 Å². The number of allylic oxidation sites excluding steroid dienone is 1. The third-order valence-electron chi connectivity index (χ3n) is 3.94. The molecule has 1 unspecified atom stereocenters. The van der Waals surface area contributed by atoms with E-state index < -0.39 is 5.25 Å². The van der Waals surface area contributed by atoms with Crippen molar-refractivity contribution in [1.82, 2.24) is 0 Å². The fraction of sp³-hybridized carbons (Fsp3) is 0.100. The minimum absolute atomic E-state index is 0.0396. The van der Waals surface area contributed by atoms with Crippen molar-refractivity contribution in [2.75, 3.05) is 4.90 Å². The minimum Gasteiger partial charge on any atom is -0.294 e. The Labute approximate surface area is 165 Å². The molecule has 7 heteroatoms. The molecular weight excluding hydrogens is 382 g/mol. The van der Waals surface area contributed by atoms with Gasteiger partial charge in [-0.25, -0.2) is 0 Å². The van der Waals surface area contributed by atoms with Crippen molar-refractivity contribution >= 4 is 40.7 Å². The lowest BCUT2D eigenvalue weighted by atomic mass is 10.1. The van der Waals surface area contributed by atoms with Gasteiger partial charge in [0.2, 0.25) is 5.91 Å². The molecule has 1 atom stereocenters. The predicted molar refractivity (Wildman–Crippen MR) is 104 cm³/mol. The molecule has 132 valence electrons. The maximum atomic E-state index is 13.0. The summed E-state index contributed by atoms with van der Waals surface area (Å²) in [5, 5.41) is 18.6. The fourth-order valence-electron chi connectivity index (χ4n) is 2.65. The molecule has 1 aliphatic rings. The van der Waals surface area contributed by atoms with Gasteiger partial charge in [-0.05, 0) is 36.4 Å². The van der Waals surface area contributed by atoms with Crippen LogP contribution in [0.5, 0.6) is 0 Å². The molecule has 0 aliphatic carbocycles. The number of anilines is 1. The number of nitriles is 2. The molecule has 0 radical (unpaired) electrons. The molecule has 2 aromatic rings. The van der Waals surface area contributed by atoms with Crippen LogP contribution >= 0.6 is 23.4 Å². The molecule has 1 fully saturated rings. The predicted octanol–water partition coefficient (Wildman–Crippen LogP) is 4.32. The Hall–Kier alpha value is -3.06. The number of nitrogens with zero attached hydrogens (tertiary/aromatic N) is 3. The van der Waals surface area contributed by atoms with Gasteiger partial charge in [-0.15, -0.1) is 0 Å². The quantitative estimate of drug-likeness (QED) is 0.570. The standard InChI is InChI=1S/C20H12ClN3O2S/c21-15-8-6-13(7-9-15)17(25)10-18-19(26)24(16-4-2-1-3-5-16)20(27-18)14(11-22)12-23/h1-9,18H,10H2. The molecule has 0 spiro atoms. The summed E-state index contributed by atoms with van der Waals surface area (Å²) in [4.78, 5) is 26.8. The maximum Gasteiger partial charge on any atom is 0.246 e. The van der Waals surface area contributed by atoms with Crippen molar-refractivity contribution in [3.8, 4) is 12.1 Å². The van der Waals surface area contributed by atoms with Gasteiger partial charge in [0.15, 0.2) is 11.4 Å². The van der Waals surface area contributed by atoms with E-state index in [1.54, 1.807) is 54.6 Å². The fourth-order valence-corrected chi connectivity index (χ4v) is 3.99. The monoisotopic (exact) mass is 393 g/mol. The summed E-state index contributed by atoms with van der Waals surface area (Å²) in [5.74, 6) is -0.534. The Kier molecular flexibility index (Phi) is 5.61. The molecule has 0 bridgehead atoms. The van der Waals surface area contributed by atoms with Crippen LogP contribution in [0.1, 0.15) is 16.8 Å². The Balaban J connectivity index is 1.92. The summed E-state index contributed by atoms with van der Waals surface area (Å²) in [6, 6.07) is 18.9. The number of rotatable bonds is 4. The number of thioether (sulfide) groups is 1. The van der Waals surface area contributed by atoms with E-state index in [4.69, 9.17) is 11.6 Å². The van der Waals surface area contributed by atoms with E-state index in [1.165, 1.54) is 4.90 Å². The number of hydrogen-bond acceptors (Lipinski definition) is 5. The van der Waals surface area contributed by atoms with Gasteiger partial charge in [0.1, 0.15) is 17.2 Å². The van der Waals surface area contributed by atoms with Crippen molar-refractivity contribution in [3.05, 3.63) is 75.8 Å². The van der Waals surface area contributed by atoms with Crippen LogP contribution in [0.3, 0.4) is 0 Å². The Morgan fingerprint density at radius 3 is 2.30 bits per heavy atom. The van der Waals surface area contributed by atoms with Crippen LogP contribution in [0.4, 0.5) is 5.69 Å². The number of carbonyl (C=O) groups is 2. The Bertz CT molecular complexity index is 988. The molecule has 0 saturated carbocycles. The lowest BCUT2D eigenvalue weighted by Gasteiger charge is -2.17. The molecule has 27 heavy (non-hydrogen) atoms. The van der Waals surface area contributed by atoms with E-state index in [1.807, 2.05) is 12.1 Å². The van der Waals surface area contributed by atoms with Crippen LogP contribution in [-0.4, -0.2) is 16.9 Å². The Morgan fingerprint density at radius 1 is 1.07 bits per heavy atom. The van der Waals surface area contributed by atoms with E-state index in [0.717, 1.165) is 11.8 Å². The van der Waals surface area contributed by atoms with Gasteiger partial charge < -0.3 is 0 Å². The van der Waals surface area contributed by atoms with E-state index in [-0.39, 0.29) is 28.7 Å². The normalized spacial score (nSPS) is 16.0. The average molecular weight is 394 g/mol. The molecule has 1 amide bonds. The molecule has 1 heterocycles. The van der Waals surface area contributed by atoms with E-state index >= 15 is 0 Å². The maximum absolute atomic E-state index is 13.0. The topological polar surface area (TPSA) is 85.0 Å². The number of hydrogen-bond donors (Lipinski definition) is 0. The highest BCUT2D eigenvalue weighted by Crippen LogP contribution is 2.42. The summed E-state index contributed by atoms with van der Waals surface area (Å²) < 4.78 is 0. The number of carbonyl (C=O) groups excluding carboxylic acids is 2. The van der Waals surface area contributed by atoms with Crippen LogP contribution in [0, 0.1) is 22.7 Å². The first kappa shape index (κ1) is 18.7. The van der Waals surface area contributed by atoms with E-state index in [2.05, 4.69) is 0 Å². The lowest BCUT2D eigenvalue weighted by Crippen LogP contribution is -2.30. The average Bonchev–Trinajstić information content (AvgIpc) is 3.00. The van der Waals surface area contributed by atoms with Gasteiger partial charge in [0, 0.05) is 22.7 Å². The van der Waals surface area contributed by atoms with Crippen molar-refractivity contribution < 1.29 is 9.59 Å². The molecule has 3 rings (SSSR count). The Morgan fingerprint density at radius 2 is 1.70 bits per heavy atom. The number of ketones is 1. The van der Waals surface area contributed by atoms with Gasteiger partial charge in [0.25, 0.3) is 0 Å². The van der Waals surface area contributed by atoms with Crippen molar-refractivity contribution in [1.29, 1.82) is 10.5 Å². The highest BCUT2D eigenvalue weighted by atomic mass is 35.5. The summed E-state index contributed by atoms with van der Waals surface area (Å²) in [5.41, 5.74) is 0.852. The third kappa shape index (κ3) is 3.88. The third-order valence-corrected chi connectivity index (χ3v) is 5.46. The second-order valence-corrected chi connectivity index (χ2v) is 7.28. The summed E-state index contributed by atoms with van der Waals surface area (Å²) in [6.45, 7) is 0. The highest BCUT2D eigenvalue weighted by Gasteiger charge is 2.40. The largest absolute Gasteiger partial charge is 0.294 e. The van der Waals surface area contributed by atoms with E-state index in [9.17, 15) is 20.1 Å². The molecule has 2 aromatic carbocycles. The van der Waals surface area contributed by atoms with Gasteiger partial charge in [-0.1, -0.05) is 41.6 Å². The number of Topliss-reactive ketones (excluding diaryl/α,β-unsaturated/α-hetero) is 1. The summed E-state index contributed by atoms with van der Waals surface area (Å²) in [7, 11) is 0. The van der Waals surface area contributed by atoms with Crippen LogP contribution in [0.2, 0.25) is 5.02 Å². The second-order valence-electron chi connectivity index (χ2n) is 5.65. The van der Waals surface area contributed by atoms with Gasteiger partial charge >= 0.3 is 0 Å². The summed E-state index contributed by atoms with van der Waals surface area (Å²) in [6.07, 6.45) is -0.0396. The molecule has 1 aliphatic heterocycles. The highest BCUT2D eigenvalue weighted by molar-refractivity contribution is 8.05. The SMILES string of the molecule is N#CC(C#N)=C1SC(CC(=O)c2ccc(Cl)cc2)C(=O)N1c1ccccc1. The lowest BCUT2D eigenvalue weighted by molar-refractivity contribution is -0.117. The van der Waals surface area contributed by atoms with Gasteiger partial charge in [-0.2, -0.15) is 10.5 Å². The van der Waals surface area contributed by atoms with Crippen LogP contribution < -0.4 is 4.90 Å². The molecule has 1 saturated heterocycles. The first-order valence-corrected chi connectivity index (χ1v) is 9.20. The number of halogens is 1. The van der Waals surface area contributed by atoms with Crippen molar-refractivity contribution in [3.63, 3.8) is 0 Å². The number of amides is 1. The first-order valence-electron chi connectivity index (χ1n) is 7.94. The number of benzene rings is 2. The summed E-state index contributed by atoms with van der Waals surface area (Å²) >= 11 is 6.91. The van der Waals surface area contributed by atoms with Gasteiger partial charge in [-0.3, -0.25) is 14.5 Å². The zero-order valence-corrected chi connectivity index (χ0v) is 15.5. The first-order chi connectivity index (χ1) is 13.0. The smallest absolute Gasteiger partial charge is 0.246 e. The molecule has 0 aromatic heterocycles. The zero-order valence-electron chi connectivity index (χ0n) is 13.9. The van der Waals surface area contributed by atoms with E-state index in [0.29, 0.717) is 16.3 Å². The molecular formula is C20H12ClN3O2S. The zero-order chi connectivity index (χ0) is 19.4. The van der Waals surface area contributed by atoms with Crippen LogP contribution in [0.15, 0.2) is 65.2 Å². The minimum atomic E-state index is -0.708.